The second kappa shape index (κ2) is 11.4. The van der Waals surface area contributed by atoms with E-state index in [-0.39, 0.29) is 56.2 Å². The lowest BCUT2D eigenvalue weighted by Gasteiger charge is -2.33. The first-order valence-electron chi connectivity index (χ1n) is 12.6. The Labute approximate surface area is 255 Å². The lowest BCUT2D eigenvalue weighted by molar-refractivity contribution is 0.0428. The monoisotopic (exact) mass is 671 g/mol. The molecule has 3 heterocycles. The van der Waals surface area contributed by atoms with Gasteiger partial charge in [0.2, 0.25) is 5.28 Å². The lowest BCUT2D eigenvalue weighted by atomic mass is 10.1. The average molecular weight is 673 g/mol. The average Bonchev–Trinajstić information content (AvgIpc) is 3.04. The van der Waals surface area contributed by atoms with Crippen LogP contribution in [0.25, 0.3) is 10.9 Å². The van der Waals surface area contributed by atoms with E-state index in [1.165, 1.54) is 6.20 Å². The number of benzene rings is 1. The third-order valence-electron chi connectivity index (χ3n) is 5.83. The minimum absolute atomic E-state index is 0.00898. The van der Waals surface area contributed by atoms with Crippen LogP contribution in [0.3, 0.4) is 0 Å². The molecule has 0 saturated carbocycles. The molecule has 0 N–H and O–H groups in total. The van der Waals surface area contributed by atoms with Crippen molar-refractivity contribution in [2.24, 2.45) is 0 Å². The predicted octanol–water partition coefficient (Wildman–Crippen LogP) is 7.87. The minimum Gasteiger partial charge on any atom is -0.489 e. The first kappa shape index (κ1) is 31.0. The van der Waals surface area contributed by atoms with E-state index in [0.29, 0.717) is 5.56 Å². The second-order valence-electron chi connectivity index (χ2n) is 11.2. The largest absolute Gasteiger partial charge is 0.489 e. The number of aromatic nitrogens is 3. The van der Waals surface area contributed by atoms with Gasteiger partial charge in [-0.15, -0.1) is 0 Å². The van der Waals surface area contributed by atoms with E-state index in [9.17, 15) is 9.59 Å². The Balaban J connectivity index is 1.89. The molecule has 2 aromatic heterocycles. The van der Waals surface area contributed by atoms with Crippen LogP contribution in [0.15, 0.2) is 22.8 Å². The van der Waals surface area contributed by atoms with Crippen molar-refractivity contribution < 1.29 is 28.2 Å². The van der Waals surface area contributed by atoms with Crippen molar-refractivity contribution in [1.82, 2.24) is 15.0 Å². The van der Waals surface area contributed by atoms with Crippen molar-refractivity contribution in [2.45, 2.75) is 65.7 Å². The van der Waals surface area contributed by atoms with Crippen molar-refractivity contribution in [3.63, 3.8) is 0 Å². The van der Waals surface area contributed by atoms with E-state index in [2.05, 4.69) is 30.9 Å². The van der Waals surface area contributed by atoms with Gasteiger partial charge in [0.15, 0.2) is 17.4 Å². The summed E-state index contributed by atoms with van der Waals surface area (Å²) in [7, 11) is 0. The first-order valence-corrected chi connectivity index (χ1v) is 14.2. The number of ether oxygens (including phenoxy) is 3. The molecule has 1 aliphatic rings. The highest BCUT2D eigenvalue weighted by atomic mass is 79.9. The molecular weight excluding hydrogens is 644 g/mol. The number of pyridine rings is 1. The summed E-state index contributed by atoms with van der Waals surface area (Å²) in [5, 5.41) is 0.0621. The molecule has 0 aliphatic carbocycles. The molecule has 220 valence electrons. The molecule has 0 spiro atoms. The van der Waals surface area contributed by atoms with Crippen LogP contribution in [-0.2, 0) is 9.47 Å². The van der Waals surface area contributed by atoms with Crippen LogP contribution >= 0.6 is 39.1 Å². The van der Waals surface area contributed by atoms with Gasteiger partial charge < -0.3 is 19.1 Å². The normalized spacial score (nSPS) is 14.3. The Morgan fingerprint density at radius 1 is 1.12 bits per heavy atom. The van der Waals surface area contributed by atoms with Crippen LogP contribution < -0.4 is 14.5 Å². The zero-order chi connectivity index (χ0) is 30.4. The SMILES string of the molecule is CC(c1cccnc1N(C(=O)OC(C)(C)C)C(=O)OC(C)(C)C)N1CCOc2c(Cl)c(Br)c(F)c3nc(Cl)nc1c23. The quantitative estimate of drug-likeness (QED) is 0.203. The number of hydrogen-bond donors (Lipinski definition) is 0. The number of carbonyl (C=O) groups excluding carboxylic acids is 2. The van der Waals surface area contributed by atoms with Crippen LogP contribution in [0.1, 0.15) is 60.1 Å². The highest BCUT2D eigenvalue weighted by Crippen LogP contribution is 2.47. The second-order valence-corrected chi connectivity index (χ2v) is 12.8. The highest BCUT2D eigenvalue weighted by molar-refractivity contribution is 9.10. The van der Waals surface area contributed by atoms with Crippen LogP contribution in [0, 0.1) is 5.82 Å². The van der Waals surface area contributed by atoms with E-state index in [1.54, 1.807) is 58.6 Å². The molecule has 1 atom stereocenters. The summed E-state index contributed by atoms with van der Waals surface area (Å²) in [6.45, 7) is 12.3. The summed E-state index contributed by atoms with van der Waals surface area (Å²) in [5.74, 6) is -0.276. The molecule has 0 bridgehead atoms. The number of carbonyl (C=O) groups is 2. The number of rotatable bonds is 3. The number of imide groups is 1. The molecule has 1 aromatic carbocycles. The van der Waals surface area contributed by atoms with E-state index in [4.69, 9.17) is 37.4 Å². The molecular formula is C27H29BrCl2FN5O5. The molecule has 0 saturated heterocycles. The van der Waals surface area contributed by atoms with Crippen molar-refractivity contribution in [3.05, 3.63) is 44.5 Å². The smallest absolute Gasteiger partial charge is 0.425 e. The van der Waals surface area contributed by atoms with Gasteiger partial charge in [0.25, 0.3) is 0 Å². The van der Waals surface area contributed by atoms with E-state index in [1.807, 2.05) is 6.92 Å². The molecule has 41 heavy (non-hydrogen) atoms. The molecule has 14 heteroatoms. The predicted molar refractivity (Wildman–Crippen MR) is 158 cm³/mol. The Kier molecular flexibility index (Phi) is 8.60. The van der Waals surface area contributed by atoms with Gasteiger partial charge in [-0.3, -0.25) is 0 Å². The maximum atomic E-state index is 15.3. The van der Waals surface area contributed by atoms with Crippen LogP contribution in [-0.4, -0.2) is 51.5 Å². The van der Waals surface area contributed by atoms with Gasteiger partial charge in [-0.1, -0.05) is 17.7 Å². The van der Waals surface area contributed by atoms with Gasteiger partial charge in [0.05, 0.1) is 22.4 Å². The van der Waals surface area contributed by atoms with Crippen molar-refractivity contribution in [1.29, 1.82) is 0 Å². The maximum Gasteiger partial charge on any atom is 0.425 e. The summed E-state index contributed by atoms with van der Waals surface area (Å²) in [6, 6.07) is 2.76. The van der Waals surface area contributed by atoms with Gasteiger partial charge in [-0.25, -0.2) is 23.9 Å². The molecule has 10 nitrogen and oxygen atoms in total. The van der Waals surface area contributed by atoms with Crippen molar-refractivity contribution in [3.8, 4) is 5.75 Å². The minimum atomic E-state index is -0.963. The Bertz CT molecular complexity index is 1500. The summed E-state index contributed by atoms with van der Waals surface area (Å²) < 4.78 is 32.3. The summed E-state index contributed by atoms with van der Waals surface area (Å²) in [6.07, 6.45) is -0.482. The molecule has 0 fully saturated rings. The van der Waals surface area contributed by atoms with Crippen LogP contribution in [0.2, 0.25) is 10.3 Å². The van der Waals surface area contributed by atoms with Gasteiger partial charge in [-0.05, 0) is 82.1 Å². The first-order chi connectivity index (χ1) is 19.0. The highest BCUT2D eigenvalue weighted by Gasteiger charge is 2.37. The van der Waals surface area contributed by atoms with Gasteiger partial charge >= 0.3 is 12.2 Å². The summed E-state index contributed by atoms with van der Waals surface area (Å²) in [4.78, 5) is 42.2. The molecule has 1 aliphatic heterocycles. The van der Waals surface area contributed by atoms with E-state index >= 15 is 4.39 Å². The Morgan fingerprint density at radius 2 is 1.73 bits per heavy atom. The van der Waals surface area contributed by atoms with Crippen LogP contribution in [0.5, 0.6) is 5.75 Å². The number of anilines is 2. The number of nitrogens with zero attached hydrogens (tertiary/aromatic N) is 5. The molecule has 0 radical (unpaired) electrons. The zero-order valence-electron chi connectivity index (χ0n) is 23.5. The van der Waals surface area contributed by atoms with E-state index < -0.39 is 35.2 Å². The lowest BCUT2D eigenvalue weighted by Crippen LogP contribution is -2.45. The third-order valence-corrected chi connectivity index (χ3v) is 7.33. The third kappa shape index (κ3) is 6.44. The summed E-state index contributed by atoms with van der Waals surface area (Å²) >= 11 is 15.9. The van der Waals surface area contributed by atoms with Crippen molar-refractivity contribution in [2.75, 3.05) is 23.0 Å². The number of amides is 2. The number of halogens is 4. The van der Waals surface area contributed by atoms with Crippen LogP contribution in [0.4, 0.5) is 25.6 Å². The fourth-order valence-electron chi connectivity index (χ4n) is 4.23. The molecule has 2 amide bonds. The molecule has 1 unspecified atom stereocenters. The van der Waals surface area contributed by atoms with Gasteiger partial charge in [0, 0.05) is 11.8 Å². The standard InChI is InChI=1S/C27H29BrCl2FN5O5/c1-13(35-11-12-39-20-15-19(18(31)16(28)17(20)29)33-23(30)34-22(15)35)14-9-8-10-32-21(14)36(24(37)40-26(2,3)4)25(38)41-27(5,6)7/h8-10,13H,11-12H2,1-7H3. The zero-order valence-corrected chi connectivity index (χ0v) is 26.6. The van der Waals surface area contributed by atoms with Gasteiger partial charge in [0.1, 0.15) is 34.2 Å². The van der Waals surface area contributed by atoms with Crippen molar-refractivity contribution >= 4 is 73.9 Å². The molecule has 3 aromatic rings. The Hall–Kier alpha value is -2.96. The summed E-state index contributed by atoms with van der Waals surface area (Å²) in [5.41, 5.74) is -1.46. The fourth-order valence-corrected chi connectivity index (χ4v) is 4.99. The van der Waals surface area contributed by atoms with E-state index in [0.717, 1.165) is 4.90 Å². The topological polar surface area (TPSA) is 107 Å². The fraction of sp³-hybridized carbons (Fsp3) is 0.444. The van der Waals surface area contributed by atoms with Gasteiger partial charge in [-0.2, -0.15) is 9.88 Å². The molecule has 4 rings (SSSR count). The maximum absolute atomic E-state index is 15.3. The Morgan fingerprint density at radius 3 is 2.32 bits per heavy atom. The number of hydrogen-bond acceptors (Lipinski definition) is 9.